The first kappa shape index (κ1) is 29.0. The summed E-state index contributed by atoms with van der Waals surface area (Å²) in [6, 6.07) is 23.1. The lowest BCUT2D eigenvalue weighted by molar-refractivity contribution is 0.0605. The first-order valence-corrected chi connectivity index (χ1v) is 14.9. The molecule has 0 atom stereocenters. The molecule has 1 aromatic heterocycles. The Kier molecular flexibility index (Phi) is 8.25. The zero-order valence-electron chi connectivity index (χ0n) is 24.4. The Bertz CT molecular complexity index is 1670. The summed E-state index contributed by atoms with van der Waals surface area (Å²) in [5.41, 5.74) is 6.43. The number of aromatic nitrogens is 1. The van der Waals surface area contributed by atoms with Crippen LogP contribution in [-0.2, 0) is 13.1 Å². The topological polar surface area (TPSA) is 78.2 Å². The third-order valence-electron chi connectivity index (χ3n) is 8.50. The smallest absolute Gasteiger partial charge is 0.270 e. The van der Waals surface area contributed by atoms with Crippen LogP contribution in [0.25, 0.3) is 11.1 Å². The van der Waals surface area contributed by atoms with E-state index in [0.29, 0.717) is 48.2 Å². The fourth-order valence-corrected chi connectivity index (χ4v) is 6.39. The number of aryl methyl sites for hydroxylation is 1. The standard InChI is InChI=1S/C34H35ClN4O4/c1-23-7-3-5-9-26(23)27-20-32(43-2)28(19-29(27)35)33(41)39-22-25-11-12-31(38(25)21-24-8-4-6-10-30(24)39)34(42)37-15-13-36(14-16-37)17-18-40/h3-12,19-20,40H,13-18,21-22H2,1-2H3. The molecule has 0 saturated carbocycles. The maximum atomic E-state index is 14.3. The Morgan fingerprint density at radius 1 is 0.884 bits per heavy atom. The van der Waals surface area contributed by atoms with Crippen molar-refractivity contribution < 1.29 is 19.4 Å². The average molecular weight is 599 g/mol. The van der Waals surface area contributed by atoms with Crippen molar-refractivity contribution in [1.29, 1.82) is 0 Å². The number of hydrogen-bond donors (Lipinski definition) is 1. The Balaban J connectivity index is 1.34. The summed E-state index contributed by atoms with van der Waals surface area (Å²) in [6.45, 7) is 6.20. The van der Waals surface area contributed by atoms with Gasteiger partial charge in [-0.3, -0.25) is 14.5 Å². The van der Waals surface area contributed by atoms with E-state index in [2.05, 4.69) is 4.90 Å². The number of carbonyl (C=O) groups is 2. The summed E-state index contributed by atoms with van der Waals surface area (Å²) in [6.07, 6.45) is 0. The van der Waals surface area contributed by atoms with Crippen LogP contribution in [0, 0.1) is 6.92 Å². The second-order valence-corrected chi connectivity index (χ2v) is 11.4. The summed E-state index contributed by atoms with van der Waals surface area (Å²) in [7, 11) is 1.56. The fourth-order valence-electron chi connectivity index (χ4n) is 6.12. The average Bonchev–Trinajstić information content (AvgIpc) is 3.34. The van der Waals surface area contributed by atoms with Gasteiger partial charge in [0.1, 0.15) is 11.4 Å². The molecule has 0 bridgehead atoms. The van der Waals surface area contributed by atoms with Gasteiger partial charge in [-0.2, -0.15) is 0 Å². The minimum Gasteiger partial charge on any atom is -0.496 e. The highest BCUT2D eigenvalue weighted by Crippen LogP contribution is 2.38. The number of para-hydroxylation sites is 1. The van der Waals surface area contributed by atoms with Gasteiger partial charge in [0, 0.05) is 54.7 Å². The molecule has 3 heterocycles. The van der Waals surface area contributed by atoms with E-state index in [1.165, 1.54) is 0 Å². The number of rotatable bonds is 6. The van der Waals surface area contributed by atoms with Gasteiger partial charge < -0.3 is 24.2 Å². The number of anilines is 1. The zero-order chi connectivity index (χ0) is 30.1. The van der Waals surface area contributed by atoms with Crippen LogP contribution in [0.15, 0.2) is 72.8 Å². The number of nitrogens with zero attached hydrogens (tertiary/aromatic N) is 4. The molecule has 222 valence electrons. The van der Waals surface area contributed by atoms with Crippen LogP contribution >= 0.6 is 11.6 Å². The molecule has 6 rings (SSSR count). The van der Waals surface area contributed by atoms with Crippen LogP contribution in [0.1, 0.15) is 37.7 Å². The lowest BCUT2D eigenvalue weighted by atomic mass is 9.98. The van der Waals surface area contributed by atoms with Crippen molar-refractivity contribution in [3.05, 3.63) is 106 Å². The van der Waals surface area contributed by atoms with Gasteiger partial charge >= 0.3 is 0 Å². The summed E-state index contributed by atoms with van der Waals surface area (Å²) >= 11 is 6.81. The number of ether oxygens (including phenoxy) is 1. The summed E-state index contributed by atoms with van der Waals surface area (Å²) in [5.74, 6) is 0.193. The second kappa shape index (κ2) is 12.2. The van der Waals surface area contributed by atoms with E-state index < -0.39 is 0 Å². The maximum absolute atomic E-state index is 14.3. The van der Waals surface area contributed by atoms with Crippen molar-refractivity contribution in [3.8, 4) is 16.9 Å². The molecule has 4 aromatic rings. The zero-order valence-corrected chi connectivity index (χ0v) is 25.2. The van der Waals surface area contributed by atoms with Gasteiger partial charge in [0.15, 0.2) is 0 Å². The predicted molar refractivity (Wildman–Crippen MR) is 168 cm³/mol. The molecule has 2 aliphatic rings. The third kappa shape index (κ3) is 5.54. The quantitative estimate of drug-likeness (QED) is 0.335. The maximum Gasteiger partial charge on any atom is 0.270 e. The normalized spacial score (nSPS) is 15.1. The first-order chi connectivity index (χ1) is 20.9. The molecule has 1 N–H and O–H groups in total. The number of amides is 2. The lowest BCUT2D eigenvalue weighted by Gasteiger charge is -2.34. The van der Waals surface area contributed by atoms with Crippen molar-refractivity contribution in [2.75, 3.05) is 51.3 Å². The van der Waals surface area contributed by atoms with Gasteiger partial charge in [0.2, 0.25) is 0 Å². The van der Waals surface area contributed by atoms with Gasteiger partial charge in [-0.25, -0.2) is 0 Å². The monoisotopic (exact) mass is 598 g/mol. The van der Waals surface area contributed by atoms with E-state index in [1.807, 2.05) is 83.1 Å². The van der Waals surface area contributed by atoms with Crippen LogP contribution in [-0.4, -0.2) is 77.7 Å². The van der Waals surface area contributed by atoms with E-state index in [-0.39, 0.29) is 25.0 Å². The number of piperazine rings is 1. The van der Waals surface area contributed by atoms with Crippen LogP contribution < -0.4 is 9.64 Å². The number of hydrogen-bond acceptors (Lipinski definition) is 5. The van der Waals surface area contributed by atoms with Gasteiger partial charge in [0.25, 0.3) is 11.8 Å². The van der Waals surface area contributed by atoms with Gasteiger partial charge in [-0.05, 0) is 53.9 Å². The number of aliphatic hydroxyl groups excluding tert-OH is 1. The highest BCUT2D eigenvalue weighted by molar-refractivity contribution is 6.34. The van der Waals surface area contributed by atoms with Crippen LogP contribution in [0.2, 0.25) is 5.02 Å². The van der Waals surface area contributed by atoms with Gasteiger partial charge in [-0.15, -0.1) is 0 Å². The van der Waals surface area contributed by atoms with Crippen molar-refractivity contribution in [1.82, 2.24) is 14.4 Å². The van der Waals surface area contributed by atoms with Gasteiger partial charge in [0.05, 0.1) is 32.4 Å². The Labute approximate surface area is 256 Å². The first-order valence-electron chi connectivity index (χ1n) is 14.5. The Morgan fingerprint density at radius 3 is 2.37 bits per heavy atom. The van der Waals surface area contributed by atoms with Crippen LogP contribution in [0.3, 0.4) is 0 Å². The Hall–Kier alpha value is -4.11. The highest BCUT2D eigenvalue weighted by Gasteiger charge is 2.31. The summed E-state index contributed by atoms with van der Waals surface area (Å²) in [4.78, 5) is 33.8. The number of halogens is 1. The van der Waals surface area contributed by atoms with Crippen molar-refractivity contribution in [2.45, 2.75) is 20.0 Å². The molecule has 0 unspecified atom stereocenters. The fraction of sp³-hybridized carbons (Fsp3) is 0.294. The predicted octanol–water partition coefficient (Wildman–Crippen LogP) is 5.08. The molecule has 2 amide bonds. The number of carbonyl (C=O) groups excluding carboxylic acids is 2. The van der Waals surface area contributed by atoms with E-state index in [9.17, 15) is 14.7 Å². The molecule has 43 heavy (non-hydrogen) atoms. The lowest BCUT2D eigenvalue weighted by Crippen LogP contribution is -2.49. The molecular weight excluding hydrogens is 564 g/mol. The summed E-state index contributed by atoms with van der Waals surface area (Å²) < 4.78 is 7.78. The number of methoxy groups -OCH3 is 1. The molecular formula is C34H35ClN4O4. The molecule has 1 saturated heterocycles. The van der Waals surface area contributed by atoms with E-state index in [1.54, 1.807) is 18.1 Å². The summed E-state index contributed by atoms with van der Waals surface area (Å²) in [5, 5.41) is 9.73. The minimum absolute atomic E-state index is 0.0209. The van der Waals surface area contributed by atoms with Crippen LogP contribution in [0.5, 0.6) is 5.75 Å². The van der Waals surface area contributed by atoms with Crippen molar-refractivity contribution in [3.63, 3.8) is 0 Å². The molecule has 0 spiro atoms. The highest BCUT2D eigenvalue weighted by atomic mass is 35.5. The molecule has 3 aromatic carbocycles. The number of benzene rings is 3. The van der Waals surface area contributed by atoms with Crippen LogP contribution in [0.4, 0.5) is 5.69 Å². The van der Waals surface area contributed by atoms with E-state index in [4.69, 9.17) is 16.3 Å². The molecule has 0 aliphatic carbocycles. The van der Waals surface area contributed by atoms with E-state index >= 15 is 0 Å². The minimum atomic E-state index is -0.231. The largest absolute Gasteiger partial charge is 0.496 e. The number of aliphatic hydroxyl groups is 1. The molecule has 0 radical (unpaired) electrons. The molecule has 8 nitrogen and oxygen atoms in total. The Morgan fingerprint density at radius 2 is 1.63 bits per heavy atom. The molecule has 1 fully saturated rings. The van der Waals surface area contributed by atoms with Crippen molar-refractivity contribution in [2.24, 2.45) is 0 Å². The SMILES string of the molecule is COc1cc(-c2ccccc2C)c(Cl)cc1C(=O)N1Cc2ccc(C(=O)N3CCN(CCO)CC3)n2Cc2ccccc21. The van der Waals surface area contributed by atoms with E-state index in [0.717, 1.165) is 46.7 Å². The number of β-amino-alcohol motifs (C(OH)–C–C–N with tert-alkyl or cyclic N) is 1. The molecule has 2 aliphatic heterocycles. The van der Waals surface area contributed by atoms with Gasteiger partial charge in [-0.1, -0.05) is 54.1 Å². The molecule has 9 heteroatoms. The van der Waals surface area contributed by atoms with Crippen molar-refractivity contribution >= 4 is 29.1 Å². The number of fused-ring (bicyclic) bond motifs is 2. The second-order valence-electron chi connectivity index (χ2n) is 11.0. The third-order valence-corrected chi connectivity index (χ3v) is 8.81.